The number of pyridine rings is 1. The van der Waals surface area contributed by atoms with Crippen LogP contribution in [0.1, 0.15) is 73.8 Å². The fraction of sp³-hybridized carbons (Fsp3) is 0.607. The van der Waals surface area contributed by atoms with E-state index in [2.05, 4.69) is 33.0 Å². The number of fused-ring (bicyclic) bond motifs is 4. The molecule has 2 saturated heterocycles. The monoisotopic (exact) mass is 431 g/mol. The van der Waals surface area contributed by atoms with Gasteiger partial charge in [0.2, 0.25) is 0 Å². The number of H-pyrrole nitrogens is 1. The van der Waals surface area contributed by atoms with Crippen molar-refractivity contribution >= 4 is 5.57 Å². The Kier molecular flexibility index (Phi) is 5.68. The molecule has 0 saturated carbocycles. The molecule has 0 amide bonds. The van der Waals surface area contributed by atoms with Gasteiger partial charge in [0, 0.05) is 30.3 Å². The van der Waals surface area contributed by atoms with Gasteiger partial charge < -0.3 is 9.88 Å². The Morgan fingerprint density at radius 3 is 2.47 bits per heavy atom. The summed E-state index contributed by atoms with van der Waals surface area (Å²) in [5.74, 6) is 0. The molecule has 4 heteroatoms. The smallest absolute Gasteiger partial charge is 0.251 e. The first-order valence-electron chi connectivity index (χ1n) is 13.1. The summed E-state index contributed by atoms with van der Waals surface area (Å²) in [6.45, 7) is 6.11. The Morgan fingerprint density at radius 2 is 1.66 bits per heavy atom. The molecule has 3 heterocycles. The van der Waals surface area contributed by atoms with E-state index in [4.69, 9.17) is 0 Å². The average Bonchev–Trinajstić information content (AvgIpc) is 3.09. The number of hydrogen-bond acceptors (Lipinski definition) is 3. The first kappa shape index (κ1) is 20.7. The van der Waals surface area contributed by atoms with E-state index in [1.807, 2.05) is 0 Å². The van der Waals surface area contributed by atoms with Crippen molar-refractivity contribution in [2.75, 3.05) is 32.7 Å². The quantitative estimate of drug-likeness (QED) is 0.771. The van der Waals surface area contributed by atoms with Crippen LogP contribution in [0.4, 0.5) is 0 Å². The van der Waals surface area contributed by atoms with Gasteiger partial charge in [-0.2, -0.15) is 0 Å². The summed E-state index contributed by atoms with van der Waals surface area (Å²) < 4.78 is 0. The van der Waals surface area contributed by atoms with Crippen molar-refractivity contribution in [1.82, 2.24) is 14.8 Å². The van der Waals surface area contributed by atoms with Crippen LogP contribution in [0.2, 0.25) is 0 Å². The van der Waals surface area contributed by atoms with Crippen molar-refractivity contribution in [3.63, 3.8) is 0 Å². The molecule has 1 N–H and O–H groups in total. The minimum Gasteiger partial charge on any atom is -0.322 e. The second-order valence-electron chi connectivity index (χ2n) is 10.5. The van der Waals surface area contributed by atoms with Crippen molar-refractivity contribution < 1.29 is 0 Å². The minimum absolute atomic E-state index is 0.172. The standard InChI is InChI=1S/C28H37N3O/c32-28-24-11-5-4-9-22(24)26-18-25-20(8-2-3-10-23(25)27(26)29-28)19-30-16-12-21(13-17-30)31-14-6-1-7-15-31/h2-3,8,21H,1,4-7,9-19H2,(H,29,32). The van der Waals surface area contributed by atoms with Gasteiger partial charge in [-0.25, -0.2) is 0 Å². The lowest BCUT2D eigenvalue weighted by molar-refractivity contribution is 0.0966. The fourth-order valence-corrected chi connectivity index (χ4v) is 6.91. The maximum Gasteiger partial charge on any atom is 0.251 e. The molecule has 170 valence electrons. The van der Waals surface area contributed by atoms with E-state index in [1.54, 1.807) is 0 Å². The number of hydrogen-bond donors (Lipinski definition) is 1. The summed E-state index contributed by atoms with van der Waals surface area (Å²) in [5, 5.41) is 0. The van der Waals surface area contributed by atoms with Crippen molar-refractivity contribution in [3.8, 4) is 0 Å². The van der Waals surface area contributed by atoms with Crippen LogP contribution in [0.5, 0.6) is 0 Å². The highest BCUT2D eigenvalue weighted by molar-refractivity contribution is 5.80. The Morgan fingerprint density at radius 1 is 0.875 bits per heavy atom. The number of allylic oxidation sites excluding steroid dienone is 4. The zero-order chi connectivity index (χ0) is 21.5. The predicted molar refractivity (Wildman–Crippen MR) is 131 cm³/mol. The molecule has 32 heavy (non-hydrogen) atoms. The van der Waals surface area contributed by atoms with E-state index >= 15 is 0 Å². The summed E-state index contributed by atoms with van der Waals surface area (Å²) in [5.41, 5.74) is 9.59. The number of aromatic amines is 1. The van der Waals surface area contributed by atoms with Crippen LogP contribution in [-0.4, -0.2) is 53.5 Å². The molecule has 3 aliphatic carbocycles. The predicted octanol–water partition coefficient (Wildman–Crippen LogP) is 4.40. The van der Waals surface area contributed by atoms with Crippen LogP contribution >= 0.6 is 0 Å². The molecule has 2 fully saturated rings. The molecule has 0 atom stereocenters. The summed E-state index contributed by atoms with van der Waals surface area (Å²) in [6.07, 6.45) is 20.1. The van der Waals surface area contributed by atoms with E-state index in [0.29, 0.717) is 0 Å². The topological polar surface area (TPSA) is 39.3 Å². The van der Waals surface area contributed by atoms with Gasteiger partial charge in [-0.15, -0.1) is 0 Å². The molecule has 1 aromatic heterocycles. The van der Waals surface area contributed by atoms with Crippen molar-refractivity contribution in [3.05, 3.63) is 62.1 Å². The summed E-state index contributed by atoms with van der Waals surface area (Å²) in [4.78, 5) is 21.6. The number of nitrogens with zero attached hydrogens (tertiary/aromatic N) is 2. The van der Waals surface area contributed by atoms with Gasteiger partial charge in [-0.05, 0) is 112 Å². The Hall–Kier alpha value is -1.91. The highest BCUT2D eigenvalue weighted by Gasteiger charge is 2.31. The highest BCUT2D eigenvalue weighted by Crippen LogP contribution is 2.41. The van der Waals surface area contributed by atoms with Gasteiger partial charge in [0.1, 0.15) is 0 Å². The SMILES string of the molecule is O=c1[nH]c2c(c3c1CCCC3)CC1=C2CC=CC=C1CN1CCC(N2CCCCC2)CC1. The lowest BCUT2D eigenvalue weighted by Gasteiger charge is -2.40. The Labute approximate surface area is 192 Å². The van der Waals surface area contributed by atoms with Gasteiger partial charge in [-0.3, -0.25) is 9.69 Å². The molecule has 1 aromatic rings. The van der Waals surface area contributed by atoms with Gasteiger partial charge in [0.25, 0.3) is 5.56 Å². The molecule has 0 spiro atoms. The molecule has 4 nitrogen and oxygen atoms in total. The molecule has 0 bridgehead atoms. The van der Waals surface area contributed by atoms with Crippen molar-refractivity contribution in [2.24, 2.45) is 0 Å². The van der Waals surface area contributed by atoms with Gasteiger partial charge in [0.05, 0.1) is 0 Å². The lowest BCUT2D eigenvalue weighted by Crippen LogP contribution is -2.47. The number of aromatic nitrogens is 1. The van der Waals surface area contributed by atoms with E-state index in [0.717, 1.165) is 55.9 Å². The van der Waals surface area contributed by atoms with Crippen molar-refractivity contribution in [1.29, 1.82) is 0 Å². The van der Waals surface area contributed by atoms with Gasteiger partial charge >= 0.3 is 0 Å². The molecule has 0 unspecified atom stereocenters. The third kappa shape index (κ3) is 3.76. The van der Waals surface area contributed by atoms with Crippen LogP contribution in [-0.2, 0) is 19.3 Å². The second-order valence-corrected chi connectivity index (χ2v) is 10.5. The largest absolute Gasteiger partial charge is 0.322 e. The molecule has 0 aromatic carbocycles. The van der Waals surface area contributed by atoms with Crippen LogP contribution < -0.4 is 5.56 Å². The molecular formula is C28H37N3O. The minimum atomic E-state index is 0.172. The van der Waals surface area contributed by atoms with Gasteiger partial charge in [-0.1, -0.05) is 24.6 Å². The van der Waals surface area contributed by atoms with Crippen LogP contribution in [0.3, 0.4) is 0 Å². The normalized spacial score (nSPS) is 24.7. The summed E-state index contributed by atoms with van der Waals surface area (Å²) in [6, 6.07) is 0.802. The summed E-state index contributed by atoms with van der Waals surface area (Å²) >= 11 is 0. The maximum atomic E-state index is 12.8. The number of piperidine rings is 2. The van der Waals surface area contributed by atoms with E-state index < -0.39 is 0 Å². The molecule has 2 aliphatic heterocycles. The molecular weight excluding hydrogens is 394 g/mol. The molecule has 6 rings (SSSR count). The molecule has 0 radical (unpaired) electrons. The Balaban J connectivity index is 1.20. The zero-order valence-corrected chi connectivity index (χ0v) is 19.4. The van der Waals surface area contributed by atoms with E-state index in [9.17, 15) is 4.79 Å². The van der Waals surface area contributed by atoms with E-state index in [1.165, 1.54) is 92.6 Å². The average molecular weight is 432 g/mol. The van der Waals surface area contributed by atoms with E-state index in [-0.39, 0.29) is 5.56 Å². The fourth-order valence-electron chi connectivity index (χ4n) is 6.91. The summed E-state index contributed by atoms with van der Waals surface area (Å²) in [7, 11) is 0. The number of rotatable bonds is 3. The lowest BCUT2D eigenvalue weighted by atomic mass is 9.88. The van der Waals surface area contributed by atoms with Crippen LogP contribution in [0.15, 0.2) is 34.2 Å². The van der Waals surface area contributed by atoms with Crippen molar-refractivity contribution in [2.45, 2.75) is 76.7 Å². The van der Waals surface area contributed by atoms with Crippen LogP contribution in [0.25, 0.3) is 5.57 Å². The second kappa shape index (κ2) is 8.79. The third-order valence-corrected chi connectivity index (χ3v) is 8.67. The number of likely N-dealkylation sites (tertiary alicyclic amines) is 2. The maximum absolute atomic E-state index is 12.8. The first-order valence-corrected chi connectivity index (χ1v) is 13.1. The first-order chi connectivity index (χ1) is 15.8. The molecule has 5 aliphatic rings. The highest BCUT2D eigenvalue weighted by atomic mass is 16.1. The Bertz CT molecular complexity index is 1030. The van der Waals surface area contributed by atoms with Crippen LogP contribution in [0, 0.1) is 0 Å². The zero-order valence-electron chi connectivity index (χ0n) is 19.4. The third-order valence-electron chi connectivity index (χ3n) is 8.67. The van der Waals surface area contributed by atoms with Gasteiger partial charge in [0.15, 0.2) is 0 Å². The number of nitrogens with one attached hydrogen (secondary N) is 1.